The summed E-state index contributed by atoms with van der Waals surface area (Å²) in [5.74, 6) is 0. The Hall–Kier alpha value is -8.36. The molecule has 0 aliphatic carbocycles. The van der Waals surface area contributed by atoms with Gasteiger partial charge in [-0.3, -0.25) is 0 Å². The number of benzene rings is 3. The van der Waals surface area contributed by atoms with Crippen molar-refractivity contribution in [3.05, 3.63) is 216 Å². The van der Waals surface area contributed by atoms with E-state index in [1.807, 2.05) is 0 Å². The first kappa shape index (κ1) is 56.8. The Morgan fingerprint density at radius 2 is 0.802 bits per heavy atom. The lowest BCUT2D eigenvalue weighted by Gasteiger charge is -2.20. The number of allylic oxidation sites excluding steroid dienone is 6. The van der Waals surface area contributed by atoms with Crippen LogP contribution in [0.3, 0.4) is 0 Å². The predicted octanol–water partition coefficient (Wildman–Crippen LogP) is 15.3. The van der Waals surface area contributed by atoms with E-state index in [1.54, 1.807) is 0 Å². The van der Waals surface area contributed by atoms with Crippen LogP contribution < -0.4 is 32.0 Å². The number of hydrogen-bond donors (Lipinski definition) is 6. The molecule has 0 saturated carbocycles. The Morgan fingerprint density at radius 1 is 0.395 bits per heavy atom. The van der Waals surface area contributed by atoms with Crippen LogP contribution in [0.25, 0.3) is 69.1 Å². The third-order valence-electron chi connectivity index (χ3n) is 20.7. The molecule has 8 heteroatoms. The maximum Gasteiger partial charge on any atom is 0.0693 e. The lowest BCUT2D eigenvalue weighted by atomic mass is 9.87. The number of hydrogen-bond acceptors (Lipinski definition) is 4. The highest BCUT2D eigenvalue weighted by atomic mass is 15.0. The van der Waals surface area contributed by atoms with E-state index in [4.69, 9.17) is 9.98 Å². The summed E-state index contributed by atoms with van der Waals surface area (Å²) in [6.07, 6.45) is 21.5. The normalized spacial score (nSPS) is 20.7. The molecule has 6 aliphatic rings. The van der Waals surface area contributed by atoms with Gasteiger partial charge in [-0.25, -0.2) is 9.98 Å². The maximum atomic E-state index is 5.46. The lowest BCUT2D eigenvalue weighted by Crippen LogP contribution is -2.26. The summed E-state index contributed by atoms with van der Waals surface area (Å²) in [6.45, 7) is 36.8. The zero-order chi connectivity index (χ0) is 60.3. The SMILES string of the molecule is CCC1=C(C)C2=Cc3[nH]c(c(C)c3CC)C(c3cccc4cc5cccc(/C6=C7/NC(/C=c8\[nH]/c(c(CC)c8C)=C\C8=NC(=C\c9[nH]c6c(C)c9CC)/C(C)=C8CC)C(CC)=C7C)c5cc34)=C3NC(C=c4[nH]c(c(CC)c4C)=CC1=N2)C(CC)=C3C. The summed E-state index contributed by atoms with van der Waals surface area (Å²) in [4.78, 5) is 27.1. The average Bonchev–Trinajstić information content (AvgIpc) is 1.51. The quantitative estimate of drug-likeness (QED) is 0.0767. The molecule has 3 aromatic carbocycles. The Balaban J connectivity index is 1.10. The summed E-state index contributed by atoms with van der Waals surface area (Å²) >= 11 is 0. The van der Waals surface area contributed by atoms with E-state index in [2.05, 4.69) is 226 Å². The minimum absolute atomic E-state index is 0.00990. The fraction of sp³-hybridized carbons (Fsp3) is 0.333. The van der Waals surface area contributed by atoms with Crippen LogP contribution in [0.4, 0.5) is 0 Å². The Labute approximate surface area is 508 Å². The predicted molar refractivity (Wildman–Crippen MR) is 366 cm³/mol. The molecule has 6 aliphatic heterocycles. The van der Waals surface area contributed by atoms with Gasteiger partial charge >= 0.3 is 0 Å². The van der Waals surface area contributed by atoms with Gasteiger partial charge in [-0.2, -0.15) is 0 Å². The zero-order valence-electron chi connectivity index (χ0n) is 53.8. The highest BCUT2D eigenvalue weighted by Crippen LogP contribution is 2.46. The number of fused-ring (bicyclic) bond motifs is 16. The van der Waals surface area contributed by atoms with E-state index in [-0.39, 0.29) is 12.1 Å². The molecule has 13 rings (SSSR count). The molecule has 6 N–H and O–H groups in total. The first-order valence-electron chi connectivity index (χ1n) is 32.2. The van der Waals surface area contributed by atoms with Crippen molar-refractivity contribution in [1.29, 1.82) is 0 Å². The molecule has 0 saturated heterocycles. The maximum absolute atomic E-state index is 5.46. The fourth-order valence-electron chi connectivity index (χ4n) is 15.9. The fourth-order valence-corrected chi connectivity index (χ4v) is 15.9. The monoisotopic (exact) mass is 1130 g/mol. The molecule has 16 bridgehead atoms. The van der Waals surface area contributed by atoms with E-state index < -0.39 is 0 Å². The molecule has 0 radical (unpaired) electrons. The van der Waals surface area contributed by atoms with Gasteiger partial charge < -0.3 is 30.6 Å². The Morgan fingerprint density at radius 3 is 1.17 bits per heavy atom. The second-order valence-electron chi connectivity index (χ2n) is 24.8. The van der Waals surface area contributed by atoms with Crippen molar-refractivity contribution in [2.24, 2.45) is 9.98 Å². The third-order valence-corrected chi connectivity index (χ3v) is 20.7. The van der Waals surface area contributed by atoms with Crippen molar-refractivity contribution < 1.29 is 0 Å². The van der Waals surface area contributed by atoms with Gasteiger partial charge in [0.05, 0.1) is 46.3 Å². The molecule has 0 spiro atoms. The van der Waals surface area contributed by atoms with Crippen LogP contribution in [0.1, 0.15) is 187 Å². The van der Waals surface area contributed by atoms with E-state index >= 15 is 0 Å². The van der Waals surface area contributed by atoms with Crippen molar-refractivity contribution in [1.82, 2.24) is 30.6 Å². The van der Waals surface area contributed by atoms with E-state index in [1.165, 1.54) is 155 Å². The molecule has 86 heavy (non-hydrogen) atoms. The summed E-state index contributed by atoms with van der Waals surface area (Å²) in [5.41, 5.74) is 36.8. The van der Waals surface area contributed by atoms with E-state index in [9.17, 15) is 0 Å². The summed E-state index contributed by atoms with van der Waals surface area (Å²) in [5, 5.41) is 18.0. The zero-order valence-corrected chi connectivity index (χ0v) is 53.8. The molecule has 2 atom stereocenters. The van der Waals surface area contributed by atoms with Crippen LogP contribution >= 0.6 is 0 Å². The van der Waals surface area contributed by atoms with Gasteiger partial charge in [0.25, 0.3) is 0 Å². The third kappa shape index (κ3) is 8.74. The van der Waals surface area contributed by atoms with Crippen molar-refractivity contribution in [3.63, 3.8) is 0 Å². The van der Waals surface area contributed by atoms with Crippen LogP contribution in [0.2, 0.25) is 0 Å². The van der Waals surface area contributed by atoms with Gasteiger partial charge in [0.2, 0.25) is 0 Å². The van der Waals surface area contributed by atoms with Crippen molar-refractivity contribution >= 4 is 80.6 Å². The number of aromatic amines is 4. The standard InChI is InChI=1S/C78H86N8/c1-17-49-39(9)61-33-69-53(21-5)43(13)75(83-69)73(76-44(14)54(22-6)70(84-76)34-62-40(10)50(18-2)66(80-62)37-65(49)79-61)57-29-25-27-47-31-48-28-26-30-58(60(48)32-59(47)57)74-77-45(15)55(23-7)71(85-77)35-63-41(11)51(19-3)67(81-63)38-68-52(20-4)42(12)64(82-68)36-72-56(24-8)46(16)78(74)86-72/h25-38,69,71,79,81,83-86H,17-24H2,1-16H3/b61-33-,62-34-,63-35?,64-36?,65-37-,67-38?,75-73-,77-74?. The topological polar surface area (TPSA) is 112 Å². The molecular weight excluding hydrogens is 1050 g/mol. The van der Waals surface area contributed by atoms with Gasteiger partial charge in [-0.15, -0.1) is 0 Å². The first-order valence-corrected chi connectivity index (χ1v) is 32.2. The molecule has 10 heterocycles. The van der Waals surface area contributed by atoms with E-state index in [0.29, 0.717) is 0 Å². The van der Waals surface area contributed by atoms with Gasteiger partial charge in [0.15, 0.2) is 0 Å². The molecule has 438 valence electrons. The van der Waals surface area contributed by atoms with Gasteiger partial charge in [-0.1, -0.05) is 91.8 Å². The molecule has 4 aromatic heterocycles. The molecule has 0 amide bonds. The van der Waals surface area contributed by atoms with E-state index in [0.717, 1.165) is 108 Å². The van der Waals surface area contributed by atoms with Crippen LogP contribution in [0.15, 0.2) is 126 Å². The van der Waals surface area contributed by atoms with Crippen LogP contribution in [-0.2, 0) is 25.7 Å². The number of aliphatic imine (C=N–C) groups is 2. The second kappa shape index (κ2) is 21.9. The highest BCUT2D eigenvalue weighted by Gasteiger charge is 2.34. The average molecular weight is 1140 g/mol. The van der Waals surface area contributed by atoms with Crippen LogP contribution in [0.5, 0.6) is 0 Å². The second-order valence-corrected chi connectivity index (χ2v) is 24.8. The number of nitrogens with one attached hydrogen (secondary N) is 6. The minimum atomic E-state index is -0.00990. The minimum Gasteiger partial charge on any atom is -0.374 e. The van der Waals surface area contributed by atoms with Gasteiger partial charge in [-0.05, 0) is 277 Å². The number of rotatable bonds is 10. The van der Waals surface area contributed by atoms with Crippen molar-refractivity contribution in [3.8, 4) is 0 Å². The molecule has 7 aromatic rings. The first-order chi connectivity index (χ1) is 41.6. The molecule has 2 unspecified atom stereocenters. The largest absolute Gasteiger partial charge is 0.374 e. The number of aromatic nitrogens is 4. The molecule has 0 fully saturated rings. The van der Waals surface area contributed by atoms with Gasteiger partial charge in [0.1, 0.15) is 0 Å². The van der Waals surface area contributed by atoms with Crippen LogP contribution in [0, 0.1) is 27.7 Å². The Kier molecular flexibility index (Phi) is 14.4. The molecular formula is C78H86N8. The summed E-state index contributed by atoms with van der Waals surface area (Å²) < 4.78 is 0. The Bertz CT molecular complexity index is 4450. The van der Waals surface area contributed by atoms with Crippen LogP contribution in [-0.4, -0.2) is 43.4 Å². The van der Waals surface area contributed by atoms with Gasteiger partial charge in [0, 0.05) is 55.3 Å². The number of nitrogens with zero attached hydrogens (tertiary/aromatic N) is 2. The lowest BCUT2D eigenvalue weighted by molar-refractivity contribution is 0.813. The smallest absolute Gasteiger partial charge is 0.0693 e. The number of H-pyrrole nitrogens is 4. The summed E-state index contributed by atoms with van der Waals surface area (Å²) in [7, 11) is 0. The highest BCUT2D eigenvalue weighted by molar-refractivity contribution is 6.24. The summed E-state index contributed by atoms with van der Waals surface area (Å²) in [6, 6.07) is 18.9. The van der Waals surface area contributed by atoms with Crippen molar-refractivity contribution in [2.45, 2.75) is 174 Å². The molecule has 8 nitrogen and oxygen atoms in total. The van der Waals surface area contributed by atoms with Crippen molar-refractivity contribution in [2.75, 3.05) is 0 Å².